The summed E-state index contributed by atoms with van der Waals surface area (Å²) < 4.78 is 33.1. The van der Waals surface area contributed by atoms with Gasteiger partial charge in [-0.2, -0.15) is 0 Å². The first-order valence-corrected chi connectivity index (χ1v) is 8.51. The van der Waals surface area contributed by atoms with Gasteiger partial charge in [-0.3, -0.25) is 4.72 Å². The van der Waals surface area contributed by atoms with Gasteiger partial charge < -0.3 is 9.64 Å². The molecular weight excluding hydrogens is 300 g/mol. The first-order chi connectivity index (χ1) is 10.5. The third-order valence-electron chi connectivity index (χ3n) is 3.61. The van der Waals surface area contributed by atoms with Gasteiger partial charge in [-0.15, -0.1) is 0 Å². The lowest BCUT2D eigenvalue weighted by Gasteiger charge is -2.28. The van der Waals surface area contributed by atoms with E-state index in [9.17, 15) is 8.42 Å². The Morgan fingerprint density at radius 3 is 2.77 bits per heavy atom. The number of ether oxygens (including phenoxy) is 1. The third-order valence-corrected chi connectivity index (χ3v) is 4.99. The number of nitrogens with one attached hydrogen (secondary N) is 1. The average Bonchev–Trinajstić information content (AvgIpc) is 2.48. The highest BCUT2D eigenvalue weighted by Gasteiger charge is 2.18. The van der Waals surface area contributed by atoms with Crippen molar-refractivity contribution < 1.29 is 13.2 Å². The summed E-state index contributed by atoms with van der Waals surface area (Å²) in [5.41, 5.74) is 2.31. The van der Waals surface area contributed by atoms with Gasteiger partial charge in [0.05, 0.1) is 22.8 Å². The van der Waals surface area contributed by atoms with Gasteiger partial charge in [0.25, 0.3) is 10.0 Å². The zero-order valence-corrected chi connectivity index (χ0v) is 13.4. The molecule has 0 amide bonds. The number of fused-ring (bicyclic) bond motifs is 1. The van der Waals surface area contributed by atoms with Crippen molar-refractivity contribution in [3.05, 3.63) is 48.0 Å². The van der Waals surface area contributed by atoms with Crippen molar-refractivity contribution in [1.29, 1.82) is 0 Å². The van der Waals surface area contributed by atoms with Crippen LogP contribution < -0.4 is 14.4 Å². The van der Waals surface area contributed by atoms with Gasteiger partial charge in [-0.25, -0.2) is 8.42 Å². The fraction of sp³-hybridized carbons (Fsp3) is 0.250. The zero-order valence-electron chi connectivity index (χ0n) is 12.5. The molecule has 0 unspecified atom stereocenters. The van der Waals surface area contributed by atoms with Gasteiger partial charge >= 0.3 is 0 Å². The van der Waals surface area contributed by atoms with Crippen LogP contribution >= 0.6 is 0 Å². The highest BCUT2D eigenvalue weighted by molar-refractivity contribution is 7.92. The van der Waals surface area contributed by atoms with Gasteiger partial charge in [0.1, 0.15) is 12.4 Å². The highest BCUT2D eigenvalue weighted by Crippen LogP contribution is 2.33. The zero-order chi connectivity index (χ0) is 15.7. The summed E-state index contributed by atoms with van der Waals surface area (Å²) in [6.45, 7) is 3.28. The molecule has 1 heterocycles. The lowest BCUT2D eigenvalue weighted by Crippen LogP contribution is -2.28. The van der Waals surface area contributed by atoms with Gasteiger partial charge in [-0.05, 0) is 42.8 Å². The predicted octanol–water partition coefficient (Wildman–Crippen LogP) is 2.62. The third kappa shape index (κ3) is 2.87. The maximum atomic E-state index is 12.4. The van der Waals surface area contributed by atoms with Crippen LogP contribution in [-0.4, -0.2) is 28.6 Å². The molecule has 2 aromatic carbocycles. The summed E-state index contributed by atoms with van der Waals surface area (Å²) >= 11 is 0. The quantitative estimate of drug-likeness (QED) is 0.945. The van der Waals surface area contributed by atoms with Crippen molar-refractivity contribution in [2.75, 3.05) is 29.8 Å². The molecule has 5 nitrogen and oxygen atoms in total. The van der Waals surface area contributed by atoms with Crippen LogP contribution in [0.15, 0.2) is 47.4 Å². The molecule has 0 spiro atoms. The number of benzene rings is 2. The summed E-state index contributed by atoms with van der Waals surface area (Å²) in [5, 5.41) is 0. The second kappa shape index (κ2) is 5.53. The van der Waals surface area contributed by atoms with Crippen molar-refractivity contribution in [3.8, 4) is 5.75 Å². The Morgan fingerprint density at radius 1 is 1.18 bits per heavy atom. The summed E-state index contributed by atoms with van der Waals surface area (Å²) in [7, 11) is -1.63. The monoisotopic (exact) mass is 318 g/mol. The minimum absolute atomic E-state index is 0.259. The molecule has 0 saturated heterocycles. The molecule has 2 aromatic rings. The number of hydrogen-bond acceptors (Lipinski definition) is 4. The van der Waals surface area contributed by atoms with E-state index in [1.165, 1.54) is 0 Å². The number of aryl methyl sites for hydroxylation is 1. The maximum Gasteiger partial charge on any atom is 0.261 e. The Hall–Kier alpha value is -2.21. The molecule has 0 fully saturated rings. The van der Waals surface area contributed by atoms with Crippen molar-refractivity contribution in [2.45, 2.75) is 11.8 Å². The molecule has 0 radical (unpaired) electrons. The Bertz CT molecular complexity index is 803. The van der Waals surface area contributed by atoms with E-state index in [-0.39, 0.29) is 4.90 Å². The van der Waals surface area contributed by atoms with E-state index in [0.717, 1.165) is 23.5 Å². The van der Waals surface area contributed by atoms with Crippen LogP contribution in [0.1, 0.15) is 5.56 Å². The number of sulfonamides is 1. The Labute approximate surface area is 130 Å². The molecule has 116 valence electrons. The molecule has 1 aliphatic rings. The van der Waals surface area contributed by atoms with E-state index in [2.05, 4.69) is 4.72 Å². The van der Waals surface area contributed by atoms with E-state index in [4.69, 9.17) is 4.74 Å². The first-order valence-electron chi connectivity index (χ1n) is 7.03. The second-order valence-corrected chi connectivity index (χ2v) is 7.06. The van der Waals surface area contributed by atoms with Crippen molar-refractivity contribution in [3.63, 3.8) is 0 Å². The van der Waals surface area contributed by atoms with Gasteiger partial charge in [0.15, 0.2) is 0 Å². The second-order valence-electron chi connectivity index (χ2n) is 5.37. The average molecular weight is 318 g/mol. The molecule has 22 heavy (non-hydrogen) atoms. The number of rotatable bonds is 3. The van der Waals surface area contributed by atoms with Gasteiger partial charge in [0, 0.05) is 7.05 Å². The van der Waals surface area contributed by atoms with Crippen LogP contribution in [0.3, 0.4) is 0 Å². The lowest BCUT2D eigenvalue weighted by molar-refractivity contribution is 0.311. The normalized spacial score (nSPS) is 14.2. The molecule has 0 saturated carbocycles. The highest BCUT2D eigenvalue weighted by atomic mass is 32.2. The van der Waals surface area contributed by atoms with Crippen molar-refractivity contribution >= 4 is 21.4 Å². The van der Waals surface area contributed by atoms with Gasteiger partial charge in [-0.1, -0.05) is 12.1 Å². The summed E-state index contributed by atoms with van der Waals surface area (Å²) in [6, 6.07) is 12.1. The predicted molar refractivity (Wildman–Crippen MR) is 87.2 cm³/mol. The Morgan fingerprint density at radius 2 is 2.00 bits per heavy atom. The fourth-order valence-electron chi connectivity index (χ4n) is 2.41. The number of hydrogen-bond donors (Lipinski definition) is 1. The van der Waals surface area contributed by atoms with E-state index in [1.807, 2.05) is 24.9 Å². The summed E-state index contributed by atoms with van der Waals surface area (Å²) in [6.07, 6.45) is 0. The Kier molecular flexibility index (Phi) is 3.70. The van der Waals surface area contributed by atoms with E-state index < -0.39 is 10.0 Å². The van der Waals surface area contributed by atoms with E-state index >= 15 is 0 Å². The molecule has 0 aliphatic carbocycles. The molecular formula is C16H18N2O3S. The van der Waals surface area contributed by atoms with E-state index in [0.29, 0.717) is 12.3 Å². The van der Waals surface area contributed by atoms with Crippen molar-refractivity contribution in [1.82, 2.24) is 0 Å². The smallest absolute Gasteiger partial charge is 0.261 e. The van der Waals surface area contributed by atoms with Gasteiger partial charge in [0.2, 0.25) is 0 Å². The summed E-state index contributed by atoms with van der Waals surface area (Å²) in [5.74, 6) is 0.771. The Balaban J connectivity index is 1.91. The first kappa shape index (κ1) is 14.7. The number of likely N-dealkylation sites (N-methyl/N-ethyl adjacent to an activating group) is 1. The molecule has 6 heteroatoms. The summed E-state index contributed by atoms with van der Waals surface area (Å²) in [4.78, 5) is 2.30. The topological polar surface area (TPSA) is 58.6 Å². The largest absolute Gasteiger partial charge is 0.490 e. The molecule has 1 aliphatic heterocycles. The van der Waals surface area contributed by atoms with Crippen LogP contribution in [0, 0.1) is 6.92 Å². The number of anilines is 2. The fourth-order valence-corrected chi connectivity index (χ4v) is 3.56. The maximum absolute atomic E-state index is 12.4. The van der Waals surface area contributed by atoms with Crippen LogP contribution in [0.4, 0.5) is 11.4 Å². The standard InChI is InChI=1S/C16H18N2O3S/c1-12-4-3-5-14(10-12)22(19,20)17-13-6-7-16-15(11-13)18(2)8-9-21-16/h3-7,10-11,17H,8-9H2,1-2H3. The molecule has 0 atom stereocenters. The minimum atomic E-state index is -3.59. The van der Waals surface area contributed by atoms with Crippen molar-refractivity contribution in [2.24, 2.45) is 0 Å². The minimum Gasteiger partial charge on any atom is -0.490 e. The molecule has 3 rings (SSSR count). The molecule has 1 N–H and O–H groups in total. The molecule has 0 aromatic heterocycles. The van der Waals surface area contributed by atoms with Crippen LogP contribution in [-0.2, 0) is 10.0 Å². The lowest BCUT2D eigenvalue weighted by atomic mass is 10.2. The SMILES string of the molecule is Cc1cccc(S(=O)(=O)Nc2ccc3c(c2)N(C)CCO3)c1. The van der Waals surface area contributed by atoms with Crippen LogP contribution in [0.25, 0.3) is 0 Å². The van der Waals surface area contributed by atoms with Crippen LogP contribution in [0.2, 0.25) is 0 Å². The molecule has 0 bridgehead atoms. The van der Waals surface area contributed by atoms with Crippen LogP contribution in [0.5, 0.6) is 5.75 Å². The van der Waals surface area contributed by atoms with E-state index in [1.54, 1.807) is 36.4 Å². The number of nitrogens with zero attached hydrogens (tertiary/aromatic N) is 1.